The van der Waals surface area contributed by atoms with Gasteiger partial charge in [-0.3, -0.25) is 4.90 Å². The van der Waals surface area contributed by atoms with Crippen LogP contribution in [0.4, 0.5) is 0 Å². The number of rotatable bonds is 7. The van der Waals surface area contributed by atoms with E-state index in [0.717, 1.165) is 31.5 Å². The molecule has 0 aliphatic carbocycles. The van der Waals surface area contributed by atoms with E-state index in [4.69, 9.17) is 4.74 Å². The number of hydrogen-bond acceptors (Lipinski definition) is 4. The molecular weight excluding hydrogens is 386 g/mol. The van der Waals surface area contributed by atoms with Gasteiger partial charge in [-0.25, -0.2) is 4.79 Å². The molecular formula is C27H29NO3. The summed E-state index contributed by atoms with van der Waals surface area (Å²) < 4.78 is 6.08. The van der Waals surface area contributed by atoms with Gasteiger partial charge in [-0.15, -0.1) is 0 Å². The Balaban J connectivity index is 1.66. The molecule has 160 valence electrons. The molecule has 0 bridgehead atoms. The Bertz CT molecular complexity index is 914. The van der Waals surface area contributed by atoms with Crippen LogP contribution in [0.15, 0.2) is 91.0 Å². The van der Waals surface area contributed by atoms with E-state index < -0.39 is 17.7 Å². The monoisotopic (exact) mass is 415 g/mol. The Morgan fingerprint density at radius 3 is 1.81 bits per heavy atom. The number of likely N-dealkylation sites (tertiary alicyclic amines) is 1. The second-order valence-corrected chi connectivity index (χ2v) is 8.11. The standard InChI is InChI=1S/C27H29NO3/c29-26(27(30,23-15-7-2-8-16-23)24-17-9-3-10-18-24)31-25(22-13-5-1-6-14-22)21-28-19-11-4-12-20-28/h1-3,5-10,13-18,25,30H,4,11-12,19-21H2. The van der Waals surface area contributed by atoms with Gasteiger partial charge in [-0.2, -0.15) is 0 Å². The molecule has 0 saturated carbocycles. The zero-order chi connectivity index (χ0) is 21.5. The molecule has 0 radical (unpaired) electrons. The number of carbonyl (C=O) groups is 1. The van der Waals surface area contributed by atoms with E-state index in [9.17, 15) is 9.90 Å². The van der Waals surface area contributed by atoms with Crippen molar-refractivity contribution < 1.29 is 14.6 Å². The third kappa shape index (κ3) is 4.87. The van der Waals surface area contributed by atoms with Gasteiger partial charge < -0.3 is 9.84 Å². The molecule has 4 rings (SSSR count). The molecule has 3 aromatic rings. The summed E-state index contributed by atoms with van der Waals surface area (Å²) in [7, 11) is 0. The van der Waals surface area contributed by atoms with Crippen LogP contribution < -0.4 is 0 Å². The van der Waals surface area contributed by atoms with Crippen molar-refractivity contribution in [3.05, 3.63) is 108 Å². The quantitative estimate of drug-likeness (QED) is 0.569. The minimum absolute atomic E-state index is 0.453. The SMILES string of the molecule is O=C(OC(CN1CCCCC1)c1ccccc1)C(O)(c1ccccc1)c1ccccc1. The third-order valence-electron chi connectivity index (χ3n) is 5.97. The highest BCUT2D eigenvalue weighted by Gasteiger charge is 2.43. The molecule has 0 spiro atoms. The molecule has 0 amide bonds. The molecule has 0 aromatic heterocycles. The van der Waals surface area contributed by atoms with Gasteiger partial charge in [0.25, 0.3) is 0 Å². The van der Waals surface area contributed by atoms with Gasteiger partial charge >= 0.3 is 5.97 Å². The first kappa shape index (κ1) is 21.3. The molecule has 1 atom stereocenters. The van der Waals surface area contributed by atoms with Crippen molar-refractivity contribution in [3.8, 4) is 0 Å². The van der Waals surface area contributed by atoms with Gasteiger partial charge in [0, 0.05) is 6.54 Å². The lowest BCUT2D eigenvalue weighted by Gasteiger charge is -2.33. The van der Waals surface area contributed by atoms with Gasteiger partial charge in [0.1, 0.15) is 6.10 Å². The van der Waals surface area contributed by atoms with Crippen LogP contribution in [0.25, 0.3) is 0 Å². The summed E-state index contributed by atoms with van der Waals surface area (Å²) in [5.41, 5.74) is 0.0501. The van der Waals surface area contributed by atoms with Crippen LogP contribution in [0.2, 0.25) is 0 Å². The summed E-state index contributed by atoms with van der Waals surface area (Å²) in [4.78, 5) is 15.9. The summed E-state index contributed by atoms with van der Waals surface area (Å²) in [6, 6.07) is 27.9. The van der Waals surface area contributed by atoms with E-state index >= 15 is 0 Å². The summed E-state index contributed by atoms with van der Waals surface area (Å²) in [5, 5.41) is 11.7. The summed E-state index contributed by atoms with van der Waals surface area (Å²) in [5.74, 6) is -0.657. The highest BCUT2D eigenvalue weighted by Crippen LogP contribution is 2.33. The molecule has 1 unspecified atom stereocenters. The second kappa shape index (κ2) is 9.90. The number of ether oxygens (including phenoxy) is 1. The van der Waals surface area contributed by atoms with Gasteiger partial charge in [0.05, 0.1) is 0 Å². The lowest BCUT2D eigenvalue weighted by molar-refractivity contribution is -0.169. The summed E-state index contributed by atoms with van der Waals surface area (Å²) in [6.07, 6.45) is 3.11. The first-order valence-electron chi connectivity index (χ1n) is 11.0. The molecule has 1 N–H and O–H groups in total. The van der Waals surface area contributed by atoms with Crippen molar-refractivity contribution in [2.75, 3.05) is 19.6 Å². The normalized spacial score (nSPS) is 15.9. The van der Waals surface area contributed by atoms with Crippen molar-refractivity contribution in [3.63, 3.8) is 0 Å². The average molecular weight is 416 g/mol. The largest absolute Gasteiger partial charge is 0.453 e. The van der Waals surface area contributed by atoms with E-state index in [-0.39, 0.29) is 0 Å². The Morgan fingerprint density at radius 2 is 1.29 bits per heavy atom. The van der Waals surface area contributed by atoms with Crippen molar-refractivity contribution in [1.82, 2.24) is 4.90 Å². The maximum atomic E-state index is 13.6. The number of esters is 1. The second-order valence-electron chi connectivity index (χ2n) is 8.11. The van der Waals surface area contributed by atoms with Gasteiger partial charge in [0.2, 0.25) is 5.60 Å². The van der Waals surface area contributed by atoms with Crippen LogP contribution in [0.3, 0.4) is 0 Å². The highest BCUT2D eigenvalue weighted by atomic mass is 16.6. The highest BCUT2D eigenvalue weighted by molar-refractivity contribution is 5.85. The maximum Gasteiger partial charge on any atom is 0.348 e. The van der Waals surface area contributed by atoms with Crippen LogP contribution in [0.1, 0.15) is 42.1 Å². The number of aliphatic hydroxyl groups is 1. The van der Waals surface area contributed by atoms with Crippen LogP contribution >= 0.6 is 0 Å². The van der Waals surface area contributed by atoms with Crippen molar-refractivity contribution in [2.24, 2.45) is 0 Å². The number of nitrogens with zero attached hydrogens (tertiary/aromatic N) is 1. The summed E-state index contributed by atoms with van der Waals surface area (Å²) >= 11 is 0. The first-order valence-corrected chi connectivity index (χ1v) is 11.0. The predicted molar refractivity (Wildman–Crippen MR) is 121 cm³/mol. The topological polar surface area (TPSA) is 49.8 Å². The van der Waals surface area contributed by atoms with Gasteiger partial charge in [-0.05, 0) is 42.6 Å². The van der Waals surface area contributed by atoms with Gasteiger partial charge in [-0.1, -0.05) is 97.4 Å². The van der Waals surface area contributed by atoms with E-state index in [1.165, 1.54) is 6.42 Å². The van der Waals surface area contributed by atoms with Crippen molar-refractivity contribution in [2.45, 2.75) is 31.0 Å². The molecule has 31 heavy (non-hydrogen) atoms. The lowest BCUT2D eigenvalue weighted by Crippen LogP contribution is -2.41. The van der Waals surface area contributed by atoms with E-state index in [1.54, 1.807) is 24.3 Å². The Kier molecular flexibility index (Phi) is 6.80. The molecule has 1 aliphatic heterocycles. The number of carbonyl (C=O) groups excluding carboxylic acids is 1. The lowest BCUT2D eigenvalue weighted by atomic mass is 9.86. The Morgan fingerprint density at radius 1 is 0.806 bits per heavy atom. The van der Waals surface area contributed by atoms with Crippen molar-refractivity contribution >= 4 is 5.97 Å². The minimum Gasteiger partial charge on any atom is -0.453 e. The fourth-order valence-electron chi connectivity index (χ4n) is 4.23. The number of benzene rings is 3. The van der Waals surface area contributed by atoms with Crippen molar-refractivity contribution in [1.29, 1.82) is 0 Å². The van der Waals surface area contributed by atoms with Crippen LogP contribution in [-0.2, 0) is 15.1 Å². The molecule has 1 fully saturated rings. The number of piperidine rings is 1. The van der Waals surface area contributed by atoms with E-state index in [2.05, 4.69) is 4.90 Å². The average Bonchev–Trinajstić information content (AvgIpc) is 2.85. The fraction of sp³-hybridized carbons (Fsp3) is 0.296. The Labute approximate surface area is 184 Å². The molecule has 4 nitrogen and oxygen atoms in total. The van der Waals surface area contributed by atoms with Crippen LogP contribution in [-0.4, -0.2) is 35.6 Å². The van der Waals surface area contributed by atoms with Gasteiger partial charge in [0.15, 0.2) is 0 Å². The molecule has 1 heterocycles. The van der Waals surface area contributed by atoms with Crippen LogP contribution in [0, 0.1) is 0 Å². The zero-order valence-electron chi connectivity index (χ0n) is 17.7. The fourth-order valence-corrected chi connectivity index (χ4v) is 4.23. The maximum absolute atomic E-state index is 13.6. The summed E-state index contributed by atoms with van der Waals surface area (Å²) in [6.45, 7) is 2.63. The third-order valence-corrected chi connectivity index (χ3v) is 5.97. The van der Waals surface area contributed by atoms with Crippen LogP contribution in [0.5, 0.6) is 0 Å². The number of hydrogen-bond donors (Lipinski definition) is 1. The Hall–Kier alpha value is -2.95. The van der Waals surface area contributed by atoms with E-state index in [0.29, 0.717) is 17.7 Å². The first-order chi connectivity index (χ1) is 15.2. The molecule has 1 aliphatic rings. The van der Waals surface area contributed by atoms with E-state index in [1.807, 2.05) is 66.7 Å². The molecule has 4 heteroatoms. The minimum atomic E-state index is -1.88. The molecule has 1 saturated heterocycles. The predicted octanol–water partition coefficient (Wildman–Crippen LogP) is 4.69. The molecule has 3 aromatic carbocycles. The smallest absolute Gasteiger partial charge is 0.348 e. The zero-order valence-corrected chi connectivity index (χ0v) is 17.7.